The Morgan fingerprint density at radius 2 is 1.76 bits per heavy atom. The van der Waals surface area contributed by atoms with Gasteiger partial charge < -0.3 is 10.2 Å². The molecule has 1 N–H and O–H groups in total. The molecule has 0 aliphatic carbocycles. The van der Waals surface area contributed by atoms with Gasteiger partial charge in [-0.2, -0.15) is 0 Å². The highest BCUT2D eigenvalue weighted by molar-refractivity contribution is 5.51. The van der Waals surface area contributed by atoms with Crippen LogP contribution in [0, 0.1) is 13.8 Å². The molecule has 0 radical (unpaired) electrons. The van der Waals surface area contributed by atoms with E-state index in [1.807, 2.05) is 0 Å². The number of hydrogen-bond acceptors (Lipinski definition) is 2. The molecule has 1 aliphatic rings. The second-order valence-corrected chi connectivity index (χ2v) is 5.57. The van der Waals surface area contributed by atoms with E-state index in [0.29, 0.717) is 5.54 Å². The van der Waals surface area contributed by atoms with E-state index in [1.54, 1.807) is 0 Å². The van der Waals surface area contributed by atoms with Gasteiger partial charge in [0.25, 0.3) is 0 Å². The van der Waals surface area contributed by atoms with Crippen molar-refractivity contribution in [2.45, 2.75) is 39.2 Å². The summed E-state index contributed by atoms with van der Waals surface area (Å²) >= 11 is 0. The first-order valence-electron chi connectivity index (χ1n) is 6.55. The van der Waals surface area contributed by atoms with Crippen molar-refractivity contribution >= 4 is 5.69 Å². The van der Waals surface area contributed by atoms with Gasteiger partial charge in [-0.25, -0.2) is 0 Å². The highest BCUT2D eigenvalue weighted by Crippen LogP contribution is 2.26. The molecule has 0 aromatic heterocycles. The van der Waals surface area contributed by atoms with Crippen molar-refractivity contribution in [3.8, 4) is 0 Å². The molecule has 0 amide bonds. The molecule has 17 heavy (non-hydrogen) atoms. The molecular formula is C15H24N2. The Morgan fingerprint density at radius 1 is 1.12 bits per heavy atom. The Kier molecular flexibility index (Phi) is 3.43. The van der Waals surface area contributed by atoms with Crippen molar-refractivity contribution in [1.82, 2.24) is 5.32 Å². The SMILES string of the molecule is CNC1(C)CCN(c2ccc(C)c(C)c2)CC1. The first-order valence-corrected chi connectivity index (χ1v) is 6.55. The maximum absolute atomic E-state index is 3.45. The van der Waals surface area contributed by atoms with E-state index >= 15 is 0 Å². The molecule has 2 rings (SSSR count). The van der Waals surface area contributed by atoms with Gasteiger partial charge in [0, 0.05) is 24.3 Å². The molecule has 1 aromatic carbocycles. The third-order valence-corrected chi connectivity index (χ3v) is 4.33. The molecule has 0 unspecified atom stereocenters. The lowest BCUT2D eigenvalue weighted by molar-refractivity contribution is 0.305. The first kappa shape index (κ1) is 12.4. The van der Waals surface area contributed by atoms with Crippen LogP contribution in [0.3, 0.4) is 0 Å². The molecule has 1 aromatic rings. The van der Waals surface area contributed by atoms with E-state index in [4.69, 9.17) is 0 Å². The maximum Gasteiger partial charge on any atom is 0.0369 e. The number of anilines is 1. The summed E-state index contributed by atoms with van der Waals surface area (Å²) in [5.74, 6) is 0. The van der Waals surface area contributed by atoms with Crippen LogP contribution < -0.4 is 10.2 Å². The summed E-state index contributed by atoms with van der Waals surface area (Å²) < 4.78 is 0. The number of nitrogens with one attached hydrogen (secondary N) is 1. The Bertz CT molecular complexity index is 390. The Morgan fingerprint density at radius 3 is 2.29 bits per heavy atom. The van der Waals surface area contributed by atoms with Crippen LogP contribution in [0.5, 0.6) is 0 Å². The third kappa shape index (κ3) is 2.63. The second kappa shape index (κ2) is 4.69. The molecular weight excluding hydrogens is 208 g/mol. The van der Waals surface area contributed by atoms with Crippen LogP contribution in [0.15, 0.2) is 18.2 Å². The first-order chi connectivity index (χ1) is 8.04. The highest BCUT2D eigenvalue weighted by Gasteiger charge is 2.28. The van der Waals surface area contributed by atoms with E-state index < -0.39 is 0 Å². The van der Waals surface area contributed by atoms with Crippen molar-refractivity contribution in [3.63, 3.8) is 0 Å². The summed E-state index contributed by atoms with van der Waals surface area (Å²) in [4.78, 5) is 2.51. The van der Waals surface area contributed by atoms with Crippen molar-refractivity contribution in [1.29, 1.82) is 0 Å². The zero-order valence-corrected chi connectivity index (χ0v) is 11.5. The van der Waals surface area contributed by atoms with Gasteiger partial charge in [0.15, 0.2) is 0 Å². The number of benzene rings is 1. The van der Waals surface area contributed by atoms with Crippen LogP contribution in [0.1, 0.15) is 30.9 Å². The molecule has 2 heteroatoms. The minimum absolute atomic E-state index is 0.330. The zero-order valence-electron chi connectivity index (χ0n) is 11.5. The van der Waals surface area contributed by atoms with Crippen LogP contribution in [-0.4, -0.2) is 25.7 Å². The van der Waals surface area contributed by atoms with E-state index in [0.717, 1.165) is 13.1 Å². The van der Waals surface area contributed by atoms with Crippen LogP contribution in [-0.2, 0) is 0 Å². The minimum atomic E-state index is 0.330. The normalized spacial score (nSPS) is 19.4. The fraction of sp³-hybridized carbons (Fsp3) is 0.600. The lowest BCUT2D eigenvalue weighted by atomic mass is 9.89. The fourth-order valence-corrected chi connectivity index (χ4v) is 2.43. The van der Waals surface area contributed by atoms with Gasteiger partial charge in [-0.05, 0) is 63.9 Å². The minimum Gasteiger partial charge on any atom is -0.371 e. The number of piperidine rings is 1. The number of rotatable bonds is 2. The molecule has 1 aliphatic heterocycles. The molecule has 1 saturated heterocycles. The van der Waals surface area contributed by atoms with Crippen LogP contribution in [0.25, 0.3) is 0 Å². The smallest absolute Gasteiger partial charge is 0.0369 e. The predicted octanol–water partition coefficient (Wildman–Crippen LogP) is 2.88. The van der Waals surface area contributed by atoms with Gasteiger partial charge >= 0.3 is 0 Å². The fourth-order valence-electron chi connectivity index (χ4n) is 2.43. The molecule has 0 atom stereocenters. The highest BCUT2D eigenvalue weighted by atomic mass is 15.2. The van der Waals surface area contributed by atoms with Gasteiger partial charge in [0.05, 0.1) is 0 Å². The summed E-state index contributed by atoms with van der Waals surface area (Å²) in [5.41, 5.74) is 4.48. The monoisotopic (exact) mass is 232 g/mol. The molecule has 0 saturated carbocycles. The van der Waals surface area contributed by atoms with E-state index in [9.17, 15) is 0 Å². The molecule has 0 bridgehead atoms. The number of aryl methyl sites for hydroxylation is 2. The van der Waals surface area contributed by atoms with Gasteiger partial charge in [0.2, 0.25) is 0 Å². The lowest BCUT2D eigenvalue weighted by Gasteiger charge is -2.40. The summed E-state index contributed by atoms with van der Waals surface area (Å²) in [7, 11) is 2.08. The molecule has 2 nitrogen and oxygen atoms in total. The van der Waals surface area contributed by atoms with Gasteiger partial charge in [0.1, 0.15) is 0 Å². The molecule has 1 fully saturated rings. The maximum atomic E-state index is 3.45. The van der Waals surface area contributed by atoms with Crippen LogP contribution in [0.4, 0.5) is 5.69 Å². The summed E-state index contributed by atoms with van der Waals surface area (Å²) in [6.07, 6.45) is 2.44. The van der Waals surface area contributed by atoms with Crippen LogP contribution >= 0.6 is 0 Å². The Balaban J connectivity index is 2.08. The third-order valence-electron chi connectivity index (χ3n) is 4.33. The average Bonchev–Trinajstić information content (AvgIpc) is 2.34. The van der Waals surface area contributed by atoms with Crippen molar-refractivity contribution in [2.24, 2.45) is 0 Å². The van der Waals surface area contributed by atoms with E-state index in [1.165, 1.54) is 29.7 Å². The van der Waals surface area contributed by atoms with E-state index in [2.05, 4.69) is 56.2 Å². The van der Waals surface area contributed by atoms with Crippen molar-refractivity contribution < 1.29 is 0 Å². The van der Waals surface area contributed by atoms with Gasteiger partial charge in [-0.15, -0.1) is 0 Å². The lowest BCUT2D eigenvalue weighted by Crippen LogP contribution is -2.50. The number of hydrogen-bond donors (Lipinski definition) is 1. The van der Waals surface area contributed by atoms with Gasteiger partial charge in [-0.1, -0.05) is 6.07 Å². The molecule has 1 heterocycles. The quantitative estimate of drug-likeness (QED) is 0.843. The van der Waals surface area contributed by atoms with Crippen molar-refractivity contribution in [2.75, 3.05) is 25.0 Å². The van der Waals surface area contributed by atoms with Crippen LogP contribution in [0.2, 0.25) is 0 Å². The predicted molar refractivity (Wildman–Crippen MR) is 74.8 cm³/mol. The standard InChI is InChI=1S/C15H24N2/c1-12-5-6-14(11-13(12)2)17-9-7-15(3,16-4)8-10-17/h5-6,11,16H,7-10H2,1-4H3. The van der Waals surface area contributed by atoms with E-state index in [-0.39, 0.29) is 0 Å². The van der Waals surface area contributed by atoms with Crippen molar-refractivity contribution in [3.05, 3.63) is 29.3 Å². The molecule has 94 valence electrons. The number of nitrogens with zero attached hydrogens (tertiary/aromatic N) is 1. The summed E-state index contributed by atoms with van der Waals surface area (Å²) in [6, 6.07) is 6.80. The largest absolute Gasteiger partial charge is 0.371 e. The Labute approximate surface area is 105 Å². The topological polar surface area (TPSA) is 15.3 Å². The average molecular weight is 232 g/mol. The van der Waals surface area contributed by atoms with Gasteiger partial charge in [-0.3, -0.25) is 0 Å². The second-order valence-electron chi connectivity index (χ2n) is 5.57. The summed E-state index contributed by atoms with van der Waals surface area (Å²) in [6.45, 7) is 9.00. The summed E-state index contributed by atoms with van der Waals surface area (Å²) in [5, 5.41) is 3.45. The molecule has 0 spiro atoms. The Hall–Kier alpha value is -1.02. The zero-order chi connectivity index (χ0) is 12.5.